The van der Waals surface area contributed by atoms with E-state index in [1.807, 2.05) is 19.1 Å². The average molecular weight is 393 g/mol. The van der Waals surface area contributed by atoms with Gasteiger partial charge in [0.25, 0.3) is 0 Å². The van der Waals surface area contributed by atoms with E-state index < -0.39 is 5.97 Å². The monoisotopic (exact) mass is 392 g/mol. The van der Waals surface area contributed by atoms with Crippen LogP contribution in [0.25, 0.3) is 12.2 Å². The normalized spacial score (nSPS) is 13.2. The van der Waals surface area contributed by atoms with Crippen molar-refractivity contribution >= 4 is 18.1 Å². The molecular weight excluding hydrogens is 356 g/mol. The van der Waals surface area contributed by atoms with Crippen molar-refractivity contribution in [2.24, 2.45) is 0 Å². The first-order valence-electron chi connectivity index (χ1n) is 10.7. The van der Waals surface area contributed by atoms with Gasteiger partial charge in [0.1, 0.15) is 0 Å². The van der Waals surface area contributed by atoms with E-state index in [9.17, 15) is 4.79 Å². The summed E-state index contributed by atoms with van der Waals surface area (Å²) in [6.07, 6.45) is 24.7. The van der Waals surface area contributed by atoms with E-state index in [0.717, 1.165) is 12.0 Å². The Hall–Kier alpha value is -2.61. The van der Waals surface area contributed by atoms with Gasteiger partial charge in [0.15, 0.2) is 0 Å². The van der Waals surface area contributed by atoms with Gasteiger partial charge in [0.2, 0.25) is 0 Å². The third-order valence-electron chi connectivity index (χ3n) is 4.61. The first-order chi connectivity index (χ1) is 14.0. The third-order valence-corrected chi connectivity index (χ3v) is 4.61. The predicted octanol–water partition coefficient (Wildman–Crippen LogP) is 8.00. The van der Waals surface area contributed by atoms with Gasteiger partial charge in [-0.3, -0.25) is 0 Å². The molecule has 0 spiro atoms. The van der Waals surface area contributed by atoms with Gasteiger partial charge in [-0.25, -0.2) is 4.79 Å². The molecule has 0 unspecified atom stereocenters. The highest BCUT2D eigenvalue weighted by atomic mass is 16.4. The first kappa shape index (κ1) is 24.4. The van der Waals surface area contributed by atoms with Crippen molar-refractivity contribution in [2.75, 3.05) is 0 Å². The van der Waals surface area contributed by atoms with Crippen LogP contribution >= 0.6 is 0 Å². The van der Waals surface area contributed by atoms with E-state index in [0.29, 0.717) is 5.57 Å². The Labute approximate surface area is 177 Å². The van der Waals surface area contributed by atoms with Gasteiger partial charge in [-0.05, 0) is 43.4 Å². The Kier molecular flexibility index (Phi) is 12.9. The fourth-order valence-corrected chi connectivity index (χ4v) is 2.94. The lowest BCUT2D eigenvalue weighted by atomic mass is 10.0. The summed E-state index contributed by atoms with van der Waals surface area (Å²) in [6.45, 7) is 6.06. The van der Waals surface area contributed by atoms with Crippen LogP contribution in [0, 0.1) is 0 Å². The molecular formula is C27H36O2. The van der Waals surface area contributed by atoms with Gasteiger partial charge in [0.05, 0.1) is 0 Å². The minimum absolute atomic E-state index is 0.714. The Morgan fingerprint density at radius 2 is 1.55 bits per heavy atom. The molecule has 29 heavy (non-hydrogen) atoms. The summed E-state index contributed by atoms with van der Waals surface area (Å²) in [5.41, 5.74) is 4.25. The molecule has 0 aliphatic rings. The van der Waals surface area contributed by atoms with Gasteiger partial charge < -0.3 is 5.11 Å². The van der Waals surface area contributed by atoms with Gasteiger partial charge in [-0.15, -0.1) is 0 Å². The molecule has 0 radical (unpaired) electrons. The second kappa shape index (κ2) is 15.3. The Bertz CT molecular complexity index is 760. The van der Waals surface area contributed by atoms with Gasteiger partial charge in [-0.1, -0.05) is 111 Å². The zero-order valence-electron chi connectivity index (χ0n) is 18.2. The van der Waals surface area contributed by atoms with Gasteiger partial charge >= 0.3 is 5.97 Å². The molecule has 0 saturated heterocycles. The second-order valence-corrected chi connectivity index (χ2v) is 7.42. The van der Waals surface area contributed by atoms with Crippen molar-refractivity contribution in [1.82, 2.24) is 0 Å². The molecule has 0 atom stereocenters. The van der Waals surface area contributed by atoms with Crippen molar-refractivity contribution in [3.8, 4) is 0 Å². The summed E-state index contributed by atoms with van der Waals surface area (Å²) < 4.78 is 0. The quantitative estimate of drug-likeness (QED) is 0.210. The largest absolute Gasteiger partial charge is 0.478 e. The third kappa shape index (κ3) is 12.5. The molecule has 1 rings (SSSR count). The van der Waals surface area contributed by atoms with Gasteiger partial charge in [0, 0.05) is 6.08 Å². The molecule has 156 valence electrons. The number of carboxylic acids is 1. The average Bonchev–Trinajstić information content (AvgIpc) is 2.68. The van der Waals surface area contributed by atoms with Crippen LogP contribution in [0.2, 0.25) is 0 Å². The SMILES string of the molecule is CCCCCCCCC=Cc1ccccc1C=CC(C)=CC=CC(C)=CC(=O)O. The topological polar surface area (TPSA) is 37.3 Å². The number of carbonyl (C=O) groups is 1. The van der Waals surface area contributed by atoms with Crippen LogP contribution < -0.4 is 0 Å². The van der Waals surface area contributed by atoms with Crippen molar-refractivity contribution in [1.29, 1.82) is 0 Å². The van der Waals surface area contributed by atoms with E-state index in [-0.39, 0.29) is 0 Å². The number of hydrogen-bond donors (Lipinski definition) is 1. The molecule has 1 N–H and O–H groups in total. The van der Waals surface area contributed by atoms with E-state index in [4.69, 9.17) is 5.11 Å². The molecule has 0 aliphatic heterocycles. The molecule has 0 saturated carbocycles. The maximum atomic E-state index is 10.6. The van der Waals surface area contributed by atoms with Crippen LogP contribution in [0.3, 0.4) is 0 Å². The van der Waals surface area contributed by atoms with Crippen LogP contribution in [0.5, 0.6) is 0 Å². The highest BCUT2D eigenvalue weighted by Gasteiger charge is 1.95. The number of benzene rings is 1. The minimum Gasteiger partial charge on any atom is -0.478 e. The summed E-state index contributed by atoms with van der Waals surface area (Å²) in [5, 5.41) is 8.72. The fourth-order valence-electron chi connectivity index (χ4n) is 2.94. The van der Waals surface area contributed by atoms with Crippen LogP contribution in [0.4, 0.5) is 0 Å². The Morgan fingerprint density at radius 3 is 2.24 bits per heavy atom. The van der Waals surface area contributed by atoms with Crippen molar-refractivity contribution in [3.63, 3.8) is 0 Å². The molecule has 0 fully saturated rings. The molecule has 0 bridgehead atoms. The van der Waals surface area contributed by atoms with Crippen LogP contribution in [-0.2, 0) is 4.79 Å². The molecule has 0 aromatic heterocycles. The number of rotatable bonds is 13. The lowest BCUT2D eigenvalue weighted by Gasteiger charge is -2.01. The summed E-state index contributed by atoms with van der Waals surface area (Å²) in [7, 11) is 0. The maximum absolute atomic E-state index is 10.6. The van der Waals surface area contributed by atoms with E-state index in [1.165, 1.54) is 55.7 Å². The van der Waals surface area contributed by atoms with E-state index in [1.54, 1.807) is 13.0 Å². The number of carboxylic acid groups (broad SMARTS) is 1. The number of hydrogen-bond acceptors (Lipinski definition) is 1. The van der Waals surface area contributed by atoms with Crippen LogP contribution in [0.15, 0.2) is 71.9 Å². The van der Waals surface area contributed by atoms with Crippen molar-refractivity contribution < 1.29 is 9.90 Å². The van der Waals surface area contributed by atoms with Gasteiger partial charge in [-0.2, -0.15) is 0 Å². The molecule has 2 nitrogen and oxygen atoms in total. The van der Waals surface area contributed by atoms with E-state index in [2.05, 4.69) is 55.5 Å². The highest BCUT2D eigenvalue weighted by Crippen LogP contribution is 2.15. The zero-order chi connectivity index (χ0) is 21.3. The first-order valence-corrected chi connectivity index (χ1v) is 10.7. The fraction of sp³-hybridized carbons (Fsp3) is 0.370. The summed E-state index contributed by atoms with van der Waals surface area (Å²) in [4.78, 5) is 10.6. The number of allylic oxidation sites excluding steroid dienone is 7. The minimum atomic E-state index is -0.922. The predicted molar refractivity (Wildman–Crippen MR) is 127 cm³/mol. The second-order valence-electron chi connectivity index (χ2n) is 7.42. The molecule has 0 heterocycles. The van der Waals surface area contributed by atoms with Crippen LogP contribution in [0.1, 0.15) is 76.8 Å². The lowest BCUT2D eigenvalue weighted by Crippen LogP contribution is -1.87. The van der Waals surface area contributed by atoms with Crippen molar-refractivity contribution in [3.05, 3.63) is 83.0 Å². The maximum Gasteiger partial charge on any atom is 0.328 e. The highest BCUT2D eigenvalue weighted by molar-refractivity contribution is 5.81. The summed E-state index contributed by atoms with van der Waals surface area (Å²) >= 11 is 0. The Morgan fingerprint density at radius 1 is 0.897 bits per heavy atom. The summed E-state index contributed by atoms with van der Waals surface area (Å²) in [6, 6.07) is 8.41. The van der Waals surface area contributed by atoms with Crippen molar-refractivity contribution in [2.45, 2.75) is 65.7 Å². The molecule has 0 amide bonds. The lowest BCUT2D eigenvalue weighted by molar-refractivity contribution is -0.131. The standard InChI is InChI=1S/C27H36O2/c1-4-5-6-7-8-9-10-11-17-25-18-12-13-19-26(25)21-20-23(2)15-14-16-24(3)22-27(28)29/h11-22H,4-10H2,1-3H3,(H,28,29). The zero-order valence-corrected chi connectivity index (χ0v) is 18.2. The number of aliphatic carboxylic acids is 1. The molecule has 1 aromatic carbocycles. The molecule has 2 heteroatoms. The van der Waals surface area contributed by atoms with Crippen LogP contribution in [-0.4, -0.2) is 11.1 Å². The Balaban J connectivity index is 2.60. The molecule has 0 aliphatic carbocycles. The number of unbranched alkanes of at least 4 members (excludes halogenated alkanes) is 6. The smallest absolute Gasteiger partial charge is 0.328 e. The summed E-state index contributed by atoms with van der Waals surface area (Å²) in [5.74, 6) is -0.922. The van der Waals surface area contributed by atoms with E-state index >= 15 is 0 Å². The molecule has 1 aromatic rings.